The molecule has 1 aromatic carbocycles. The van der Waals surface area contributed by atoms with E-state index in [0.717, 1.165) is 38.5 Å². The van der Waals surface area contributed by atoms with Crippen molar-refractivity contribution in [3.63, 3.8) is 0 Å². The topological polar surface area (TPSA) is 66.4 Å². The van der Waals surface area contributed by atoms with E-state index in [0.29, 0.717) is 48.0 Å². The number of hydrogen-bond acceptors (Lipinski definition) is 3. The monoisotopic (exact) mass is 369 g/mol. The molecule has 3 aliphatic carbocycles. The highest BCUT2D eigenvalue weighted by atomic mass is 16.3. The van der Waals surface area contributed by atoms with E-state index in [1.807, 2.05) is 12.1 Å². The minimum absolute atomic E-state index is 0.0926. The van der Waals surface area contributed by atoms with Gasteiger partial charge in [-0.2, -0.15) is 0 Å². The predicted molar refractivity (Wildman–Crippen MR) is 105 cm³/mol. The third-order valence-electron chi connectivity index (χ3n) is 7.81. The van der Waals surface area contributed by atoms with E-state index in [1.54, 1.807) is 7.05 Å². The van der Waals surface area contributed by atoms with E-state index in [9.17, 15) is 14.7 Å². The number of phenols is 1. The highest BCUT2D eigenvalue weighted by molar-refractivity contribution is 5.87. The van der Waals surface area contributed by atoms with Gasteiger partial charge in [-0.05, 0) is 85.5 Å². The van der Waals surface area contributed by atoms with Gasteiger partial charge in [-0.3, -0.25) is 9.59 Å². The number of Topliss-reactive ketones (excluding diaryl/α,β-unsaturated/α-hetero) is 1. The first-order valence-electron chi connectivity index (χ1n) is 10.5. The zero-order chi connectivity index (χ0) is 19.2. The van der Waals surface area contributed by atoms with Crippen LogP contribution < -0.4 is 5.32 Å². The van der Waals surface area contributed by atoms with Crippen molar-refractivity contribution in [3.05, 3.63) is 29.3 Å². The Bertz CT molecular complexity index is 758. The number of carbonyl (C=O) groups is 2. The molecular weight excluding hydrogens is 338 g/mol. The van der Waals surface area contributed by atoms with E-state index >= 15 is 0 Å². The van der Waals surface area contributed by atoms with Gasteiger partial charge in [0.15, 0.2) is 0 Å². The predicted octanol–water partition coefficient (Wildman–Crippen LogP) is 3.96. The molecule has 2 N–H and O–H groups in total. The third-order valence-corrected chi connectivity index (χ3v) is 7.81. The fraction of sp³-hybridized carbons (Fsp3) is 0.652. The van der Waals surface area contributed by atoms with Crippen molar-refractivity contribution in [2.24, 2.45) is 23.2 Å². The average molecular weight is 370 g/mol. The van der Waals surface area contributed by atoms with Crippen LogP contribution in [-0.4, -0.2) is 23.8 Å². The number of fused-ring (bicyclic) bond motifs is 5. The number of rotatable bonds is 4. The first kappa shape index (κ1) is 18.5. The third kappa shape index (κ3) is 3.07. The lowest BCUT2D eigenvalue weighted by molar-refractivity contribution is -0.129. The van der Waals surface area contributed by atoms with Crippen LogP contribution in [0.1, 0.15) is 68.9 Å². The van der Waals surface area contributed by atoms with Gasteiger partial charge >= 0.3 is 0 Å². The maximum absolute atomic E-state index is 12.9. The van der Waals surface area contributed by atoms with Crippen molar-refractivity contribution in [2.75, 3.05) is 7.05 Å². The van der Waals surface area contributed by atoms with E-state index < -0.39 is 0 Å². The van der Waals surface area contributed by atoms with Gasteiger partial charge in [-0.25, -0.2) is 0 Å². The molecule has 0 aliphatic heterocycles. The lowest BCUT2D eigenvalue weighted by Crippen LogP contribution is -2.44. The number of phenolic OH excluding ortho intramolecular Hbond substituents is 1. The summed E-state index contributed by atoms with van der Waals surface area (Å²) in [7, 11) is 1.68. The second-order valence-corrected chi connectivity index (χ2v) is 9.13. The van der Waals surface area contributed by atoms with Gasteiger partial charge in [-0.15, -0.1) is 0 Å². The Morgan fingerprint density at radius 2 is 2.15 bits per heavy atom. The molecule has 3 unspecified atom stereocenters. The first-order valence-corrected chi connectivity index (χ1v) is 10.5. The summed E-state index contributed by atoms with van der Waals surface area (Å²) < 4.78 is 0. The molecule has 4 nitrogen and oxygen atoms in total. The summed E-state index contributed by atoms with van der Waals surface area (Å²) in [5.74, 6) is 2.82. The maximum Gasteiger partial charge on any atom is 0.219 e. The van der Waals surface area contributed by atoms with Gasteiger partial charge in [0, 0.05) is 25.3 Å². The second kappa shape index (κ2) is 6.96. The normalized spacial score (nSPS) is 34.5. The molecule has 146 valence electrons. The number of amides is 1. The Labute approximate surface area is 161 Å². The molecule has 0 bridgehead atoms. The molecule has 4 heteroatoms. The Balaban J connectivity index is 1.58. The summed E-state index contributed by atoms with van der Waals surface area (Å²) in [6.45, 7) is 2.21. The summed E-state index contributed by atoms with van der Waals surface area (Å²) in [6, 6.07) is 5.86. The highest BCUT2D eigenvalue weighted by Crippen LogP contribution is 2.62. The Morgan fingerprint density at radius 3 is 2.93 bits per heavy atom. The summed E-state index contributed by atoms with van der Waals surface area (Å²) >= 11 is 0. The molecular formula is C23H31NO3. The van der Waals surface area contributed by atoms with E-state index in [4.69, 9.17) is 0 Å². The molecule has 5 atom stereocenters. The Hall–Kier alpha value is -1.84. The summed E-state index contributed by atoms with van der Waals surface area (Å²) in [5.41, 5.74) is 2.52. The van der Waals surface area contributed by atoms with Gasteiger partial charge in [0.25, 0.3) is 0 Å². The molecule has 27 heavy (non-hydrogen) atoms. The quantitative estimate of drug-likeness (QED) is 0.844. The SMILES string of the molecule is CNC(=O)CCC[C@@H]1CC(=O)[C@@]2(C)CCC3c4ccc(O)cc4CCC3C12. The van der Waals surface area contributed by atoms with Gasteiger partial charge in [0.1, 0.15) is 11.5 Å². The second-order valence-electron chi connectivity index (χ2n) is 9.13. The fourth-order valence-corrected chi connectivity index (χ4v) is 6.54. The number of carbonyl (C=O) groups excluding carboxylic acids is 2. The van der Waals surface area contributed by atoms with Crippen molar-refractivity contribution in [2.45, 2.75) is 64.2 Å². The van der Waals surface area contributed by atoms with Gasteiger partial charge in [0.05, 0.1) is 0 Å². The van der Waals surface area contributed by atoms with Gasteiger partial charge in [0.2, 0.25) is 5.91 Å². The minimum atomic E-state index is -0.173. The molecule has 0 heterocycles. The number of aryl methyl sites for hydroxylation is 1. The maximum atomic E-state index is 12.9. The van der Waals surface area contributed by atoms with Crippen molar-refractivity contribution < 1.29 is 14.7 Å². The average Bonchev–Trinajstić information content (AvgIpc) is 2.91. The fourth-order valence-electron chi connectivity index (χ4n) is 6.54. The Kier molecular flexibility index (Phi) is 4.77. The molecule has 3 aliphatic rings. The van der Waals surface area contributed by atoms with E-state index in [1.165, 1.54) is 11.1 Å². The summed E-state index contributed by atoms with van der Waals surface area (Å²) in [4.78, 5) is 24.5. The molecule has 0 radical (unpaired) electrons. The van der Waals surface area contributed by atoms with Crippen molar-refractivity contribution >= 4 is 11.7 Å². The zero-order valence-electron chi connectivity index (χ0n) is 16.5. The van der Waals surface area contributed by atoms with Crippen molar-refractivity contribution in [1.29, 1.82) is 0 Å². The van der Waals surface area contributed by atoms with Crippen LogP contribution in [0.4, 0.5) is 0 Å². The van der Waals surface area contributed by atoms with Crippen LogP contribution >= 0.6 is 0 Å². The van der Waals surface area contributed by atoms with Crippen molar-refractivity contribution in [3.8, 4) is 5.75 Å². The number of benzene rings is 1. The smallest absolute Gasteiger partial charge is 0.219 e. The van der Waals surface area contributed by atoms with Crippen LogP contribution in [-0.2, 0) is 16.0 Å². The van der Waals surface area contributed by atoms with Gasteiger partial charge < -0.3 is 10.4 Å². The molecule has 2 saturated carbocycles. The first-order chi connectivity index (χ1) is 12.9. The van der Waals surface area contributed by atoms with Gasteiger partial charge in [-0.1, -0.05) is 13.0 Å². The van der Waals surface area contributed by atoms with E-state index in [-0.39, 0.29) is 11.3 Å². The molecule has 0 saturated heterocycles. The largest absolute Gasteiger partial charge is 0.508 e. The summed E-state index contributed by atoms with van der Waals surface area (Å²) in [5, 5.41) is 12.5. The lowest BCUT2D eigenvalue weighted by Gasteiger charge is -2.50. The van der Waals surface area contributed by atoms with Crippen LogP contribution in [0.3, 0.4) is 0 Å². The molecule has 0 spiro atoms. The van der Waals surface area contributed by atoms with Crippen LogP contribution in [0.15, 0.2) is 18.2 Å². The molecule has 2 fully saturated rings. The summed E-state index contributed by atoms with van der Waals surface area (Å²) in [6.07, 6.45) is 7.26. The lowest BCUT2D eigenvalue weighted by atomic mass is 9.54. The van der Waals surface area contributed by atoms with Crippen molar-refractivity contribution in [1.82, 2.24) is 5.32 Å². The van der Waals surface area contributed by atoms with Crippen LogP contribution in [0.5, 0.6) is 5.75 Å². The minimum Gasteiger partial charge on any atom is -0.508 e. The zero-order valence-corrected chi connectivity index (χ0v) is 16.5. The Morgan fingerprint density at radius 1 is 1.33 bits per heavy atom. The highest BCUT2D eigenvalue weighted by Gasteiger charge is 2.58. The standard InChI is InChI=1S/C23H31NO3/c1-23-11-10-18-17-9-7-16(25)12-14(17)6-8-19(18)22(23)15(13-20(23)26)4-3-5-21(27)24-2/h7,9,12,15,18-19,22,25H,3-6,8,10-11,13H2,1-2H3,(H,24,27)/t15-,18?,19?,22?,23-/m1/s1. The van der Waals surface area contributed by atoms with Crippen LogP contribution in [0.2, 0.25) is 0 Å². The molecule has 0 aromatic heterocycles. The molecule has 1 aromatic rings. The van der Waals surface area contributed by atoms with E-state index in [2.05, 4.69) is 18.3 Å². The molecule has 4 rings (SSSR count). The van der Waals surface area contributed by atoms with Crippen LogP contribution in [0, 0.1) is 23.2 Å². The van der Waals surface area contributed by atoms with Crippen LogP contribution in [0.25, 0.3) is 0 Å². The number of hydrogen-bond donors (Lipinski definition) is 2. The molecule has 1 amide bonds. The number of ketones is 1. The number of nitrogens with one attached hydrogen (secondary N) is 1. The number of aromatic hydroxyl groups is 1.